The molecule has 0 saturated heterocycles. The van der Waals surface area contributed by atoms with Crippen LogP contribution in [0, 0.1) is 5.92 Å². The number of aromatic nitrogens is 2. The summed E-state index contributed by atoms with van der Waals surface area (Å²) in [6.07, 6.45) is -1.87. The molecule has 2 aromatic carbocycles. The quantitative estimate of drug-likeness (QED) is 0.454. The Kier molecular flexibility index (Phi) is 7.24. The van der Waals surface area contributed by atoms with Crippen LogP contribution < -0.4 is 20.3 Å². The second kappa shape index (κ2) is 10.1. The number of ether oxygens (including phenoxy) is 2. The Morgan fingerprint density at radius 1 is 1.03 bits per heavy atom. The molecule has 32 heavy (non-hydrogen) atoms. The largest absolute Gasteiger partial charge is 0.493 e. The van der Waals surface area contributed by atoms with Gasteiger partial charge in [-0.2, -0.15) is 0 Å². The molecule has 1 heterocycles. The van der Waals surface area contributed by atoms with Crippen molar-refractivity contribution in [1.82, 2.24) is 20.8 Å². The molecule has 0 atom stereocenters. The molecule has 0 saturated carbocycles. The Morgan fingerprint density at radius 2 is 1.69 bits per heavy atom. The van der Waals surface area contributed by atoms with Crippen LogP contribution in [0.2, 0.25) is 0 Å². The maximum atomic E-state index is 12.8. The fourth-order valence-corrected chi connectivity index (χ4v) is 2.86. The molecule has 3 aromatic rings. The summed E-state index contributed by atoms with van der Waals surface area (Å²) in [6.45, 7) is 4.71. The van der Waals surface area contributed by atoms with Crippen molar-refractivity contribution in [2.45, 2.75) is 26.7 Å². The number of carbonyl (C=O) groups is 2. The molecule has 0 radical (unpaired) electrons. The van der Waals surface area contributed by atoms with E-state index in [1.165, 1.54) is 31.4 Å². The number of H-pyrrole nitrogens is 1. The number of benzene rings is 2. The molecule has 0 spiro atoms. The number of imidazole rings is 1. The summed E-state index contributed by atoms with van der Waals surface area (Å²) in [5.74, 6) is -0.245. The van der Waals surface area contributed by atoms with Crippen LogP contribution in [0.15, 0.2) is 36.4 Å². The monoisotopic (exact) mass is 446 g/mol. The van der Waals surface area contributed by atoms with Gasteiger partial charge in [-0.3, -0.25) is 20.4 Å². The molecule has 0 bridgehead atoms. The minimum Gasteiger partial charge on any atom is -0.493 e. The second-order valence-electron chi connectivity index (χ2n) is 7.46. The van der Waals surface area contributed by atoms with Gasteiger partial charge in [-0.25, -0.2) is 13.8 Å². The van der Waals surface area contributed by atoms with Crippen LogP contribution >= 0.6 is 0 Å². The normalized spacial score (nSPS) is 11.1. The number of alkyl halides is 2. The first kappa shape index (κ1) is 23.0. The van der Waals surface area contributed by atoms with Gasteiger partial charge in [0, 0.05) is 11.1 Å². The number of aromatic amines is 1. The Bertz CT molecular complexity index is 1110. The molecule has 0 aliphatic rings. The van der Waals surface area contributed by atoms with Gasteiger partial charge in [0.25, 0.3) is 18.2 Å². The van der Waals surface area contributed by atoms with E-state index in [-0.39, 0.29) is 16.6 Å². The molecule has 1 aromatic heterocycles. The summed E-state index contributed by atoms with van der Waals surface area (Å²) < 4.78 is 36.5. The summed E-state index contributed by atoms with van der Waals surface area (Å²) in [6, 6.07) is 8.93. The minimum atomic E-state index is -2.75. The third-order valence-electron chi connectivity index (χ3n) is 4.64. The van der Waals surface area contributed by atoms with Crippen LogP contribution in [0.25, 0.3) is 11.0 Å². The smallest absolute Gasteiger partial charge is 0.295 e. The van der Waals surface area contributed by atoms with Gasteiger partial charge in [-0.15, -0.1) is 0 Å². The van der Waals surface area contributed by atoms with Gasteiger partial charge in [-0.05, 0) is 48.7 Å². The van der Waals surface area contributed by atoms with E-state index in [1.807, 2.05) is 0 Å². The number of nitrogens with one attached hydrogen (secondary N) is 3. The summed E-state index contributed by atoms with van der Waals surface area (Å²) in [5, 5.41) is 0. The number of carbonyl (C=O) groups excluding carboxylic acids is 2. The van der Waals surface area contributed by atoms with Crippen molar-refractivity contribution in [3.8, 4) is 11.5 Å². The highest BCUT2D eigenvalue weighted by Gasteiger charge is 2.16. The van der Waals surface area contributed by atoms with Crippen molar-refractivity contribution in [3.05, 3.63) is 53.3 Å². The molecular formula is C22H24F2N4O4. The summed E-state index contributed by atoms with van der Waals surface area (Å²) in [7, 11) is 1.47. The Hall–Kier alpha value is -3.69. The van der Waals surface area contributed by atoms with Crippen molar-refractivity contribution in [2.75, 3.05) is 13.7 Å². The molecule has 0 aliphatic carbocycles. The summed E-state index contributed by atoms with van der Waals surface area (Å²) in [5.41, 5.74) is 5.63. The van der Waals surface area contributed by atoms with Crippen LogP contribution in [0.3, 0.4) is 0 Å². The lowest BCUT2D eigenvalue weighted by Gasteiger charge is -2.13. The van der Waals surface area contributed by atoms with Gasteiger partial charge in [-0.1, -0.05) is 13.8 Å². The third kappa shape index (κ3) is 5.51. The van der Waals surface area contributed by atoms with E-state index in [2.05, 4.69) is 34.7 Å². The van der Waals surface area contributed by atoms with Crippen LogP contribution in [0.4, 0.5) is 8.78 Å². The molecule has 8 nitrogen and oxygen atoms in total. The molecule has 3 rings (SSSR count). The van der Waals surface area contributed by atoms with Gasteiger partial charge < -0.3 is 14.5 Å². The zero-order valence-corrected chi connectivity index (χ0v) is 17.9. The van der Waals surface area contributed by atoms with Gasteiger partial charge in [0.1, 0.15) is 0 Å². The number of halogens is 2. The lowest BCUT2D eigenvalue weighted by molar-refractivity contribution is 0.0846. The zero-order chi connectivity index (χ0) is 23.3. The second-order valence-corrected chi connectivity index (χ2v) is 7.46. The molecule has 0 unspecified atom stereocenters. The Balaban J connectivity index is 1.63. The number of fused-ring (bicyclic) bond motifs is 1. The fourth-order valence-electron chi connectivity index (χ4n) is 2.86. The van der Waals surface area contributed by atoms with Crippen LogP contribution in [-0.4, -0.2) is 35.5 Å². The molecule has 2 amide bonds. The minimum absolute atomic E-state index is 0.161. The summed E-state index contributed by atoms with van der Waals surface area (Å²) in [4.78, 5) is 31.0. The van der Waals surface area contributed by atoms with Crippen LogP contribution in [0.1, 0.15) is 53.2 Å². The van der Waals surface area contributed by atoms with E-state index in [1.54, 1.807) is 12.1 Å². The lowest BCUT2D eigenvalue weighted by Crippen LogP contribution is -2.41. The van der Waals surface area contributed by atoms with E-state index in [0.717, 1.165) is 6.42 Å². The maximum Gasteiger partial charge on any atom is 0.295 e. The van der Waals surface area contributed by atoms with Gasteiger partial charge in [0.2, 0.25) is 0 Å². The molecule has 0 aliphatic heterocycles. The van der Waals surface area contributed by atoms with E-state index >= 15 is 0 Å². The average Bonchev–Trinajstić information content (AvgIpc) is 3.21. The lowest BCUT2D eigenvalue weighted by atomic mass is 10.1. The topological polar surface area (TPSA) is 105 Å². The number of hydrogen-bond donors (Lipinski definition) is 3. The van der Waals surface area contributed by atoms with Crippen molar-refractivity contribution < 1.29 is 27.8 Å². The Labute approximate surface area is 183 Å². The highest BCUT2D eigenvalue weighted by atomic mass is 19.3. The molecule has 0 fully saturated rings. The maximum absolute atomic E-state index is 12.8. The Morgan fingerprint density at radius 3 is 2.31 bits per heavy atom. The highest BCUT2D eigenvalue weighted by Crippen LogP contribution is 2.28. The van der Waals surface area contributed by atoms with E-state index < -0.39 is 24.1 Å². The number of hydrazine groups is 1. The van der Waals surface area contributed by atoms with Crippen LogP contribution in [-0.2, 0) is 0 Å². The predicted molar refractivity (Wildman–Crippen MR) is 114 cm³/mol. The molecule has 3 N–H and O–H groups in total. The first-order chi connectivity index (χ1) is 15.3. The average molecular weight is 446 g/mol. The van der Waals surface area contributed by atoms with Gasteiger partial charge >= 0.3 is 0 Å². The van der Waals surface area contributed by atoms with Crippen LogP contribution in [0.5, 0.6) is 11.5 Å². The number of hydrogen-bond acceptors (Lipinski definition) is 5. The number of amides is 2. The third-order valence-corrected chi connectivity index (χ3v) is 4.64. The first-order valence-electron chi connectivity index (χ1n) is 9.97. The zero-order valence-electron chi connectivity index (χ0n) is 17.9. The molecular weight excluding hydrogens is 422 g/mol. The molecule has 170 valence electrons. The number of rotatable bonds is 8. The highest BCUT2D eigenvalue weighted by molar-refractivity contribution is 6.00. The summed E-state index contributed by atoms with van der Waals surface area (Å²) >= 11 is 0. The van der Waals surface area contributed by atoms with E-state index in [9.17, 15) is 18.4 Å². The van der Waals surface area contributed by atoms with Crippen molar-refractivity contribution in [3.63, 3.8) is 0 Å². The van der Waals surface area contributed by atoms with E-state index in [4.69, 9.17) is 9.47 Å². The predicted octanol–water partition coefficient (Wildman–Crippen LogP) is 4.01. The molecule has 10 heteroatoms. The van der Waals surface area contributed by atoms with Crippen molar-refractivity contribution in [2.24, 2.45) is 5.92 Å². The van der Waals surface area contributed by atoms with Crippen molar-refractivity contribution in [1.29, 1.82) is 0 Å². The van der Waals surface area contributed by atoms with Gasteiger partial charge in [0.15, 0.2) is 17.3 Å². The first-order valence-corrected chi connectivity index (χ1v) is 9.97. The fraction of sp³-hybridized carbons (Fsp3) is 0.318. The SMILES string of the molecule is COc1cc(C(=O)NNC(=O)c2ccc3nc(C(F)F)[nH]c3c2)ccc1OCCC(C)C. The number of nitrogens with zero attached hydrogens (tertiary/aromatic N) is 1. The standard InChI is InChI=1S/C22H24F2N4O4/c1-12(2)8-9-32-17-7-5-14(11-18(17)31-3)22(30)28-27-21(29)13-4-6-15-16(10-13)26-20(25-15)19(23)24/h4-7,10-12,19H,8-9H2,1-3H3,(H,25,26)(H,27,29)(H,28,30). The van der Waals surface area contributed by atoms with E-state index in [0.29, 0.717) is 29.5 Å². The van der Waals surface area contributed by atoms with Gasteiger partial charge in [0.05, 0.1) is 24.8 Å². The number of methoxy groups -OCH3 is 1. The van der Waals surface area contributed by atoms with Crippen molar-refractivity contribution >= 4 is 22.8 Å².